The number of likely N-dealkylation sites (N-methyl/N-ethyl adjacent to an activating group) is 1. The van der Waals surface area contributed by atoms with Crippen LogP contribution in [0.3, 0.4) is 0 Å². The summed E-state index contributed by atoms with van der Waals surface area (Å²) in [4.78, 5) is 28.1. The van der Waals surface area contributed by atoms with Crippen molar-refractivity contribution in [2.45, 2.75) is 12.5 Å². The Hall–Kier alpha value is -2.44. The summed E-state index contributed by atoms with van der Waals surface area (Å²) in [5, 5.41) is 2.75. The van der Waals surface area contributed by atoms with Crippen LogP contribution in [0.1, 0.15) is 6.42 Å². The first-order valence-electron chi connectivity index (χ1n) is 5.67. The van der Waals surface area contributed by atoms with Crippen molar-refractivity contribution in [1.82, 2.24) is 9.88 Å². The van der Waals surface area contributed by atoms with E-state index in [9.17, 15) is 14.0 Å². The van der Waals surface area contributed by atoms with Crippen LogP contribution in [0.25, 0.3) is 11.1 Å². The maximum Gasteiger partial charge on any atom is 0.296 e. The van der Waals surface area contributed by atoms with Crippen LogP contribution >= 0.6 is 0 Å². The van der Waals surface area contributed by atoms with Crippen LogP contribution in [-0.2, 0) is 9.59 Å². The van der Waals surface area contributed by atoms with Crippen molar-refractivity contribution in [1.29, 1.82) is 0 Å². The van der Waals surface area contributed by atoms with E-state index in [4.69, 9.17) is 4.42 Å². The number of carbonyl (C=O) groups is 2. The number of hydrogen-bond donors (Lipinski definition) is 1. The van der Waals surface area contributed by atoms with Crippen LogP contribution in [-0.4, -0.2) is 34.8 Å². The summed E-state index contributed by atoms with van der Waals surface area (Å²) in [6.45, 7) is 0. The van der Waals surface area contributed by atoms with Crippen molar-refractivity contribution < 1.29 is 18.4 Å². The molecule has 1 aliphatic heterocycles. The highest BCUT2D eigenvalue weighted by Gasteiger charge is 2.36. The first-order chi connectivity index (χ1) is 9.04. The number of rotatable bonds is 2. The lowest BCUT2D eigenvalue weighted by atomic mass is 10.2. The number of hydrogen-bond acceptors (Lipinski definition) is 5. The van der Waals surface area contributed by atoms with Gasteiger partial charge in [-0.3, -0.25) is 14.5 Å². The van der Waals surface area contributed by atoms with E-state index in [0.717, 1.165) is 4.90 Å². The number of nitrogens with one attached hydrogen (secondary N) is 1. The second-order valence-electron chi connectivity index (χ2n) is 4.32. The molecule has 0 aliphatic carbocycles. The Kier molecular flexibility index (Phi) is 2.48. The number of aromatic nitrogens is 1. The lowest BCUT2D eigenvalue weighted by Gasteiger charge is -2.08. The normalized spacial score (nSPS) is 19.5. The van der Waals surface area contributed by atoms with Crippen LogP contribution in [0, 0.1) is 5.82 Å². The van der Waals surface area contributed by atoms with Gasteiger partial charge in [0.05, 0.1) is 6.42 Å². The summed E-state index contributed by atoms with van der Waals surface area (Å²) >= 11 is 0. The van der Waals surface area contributed by atoms with Crippen molar-refractivity contribution in [3.63, 3.8) is 0 Å². The third kappa shape index (κ3) is 1.92. The predicted octanol–water partition coefficient (Wildman–Crippen LogP) is 1.14. The molecule has 1 unspecified atom stereocenters. The fourth-order valence-corrected chi connectivity index (χ4v) is 1.98. The van der Waals surface area contributed by atoms with Crippen LogP contribution < -0.4 is 5.32 Å². The van der Waals surface area contributed by atoms with Crippen molar-refractivity contribution in [2.75, 3.05) is 12.4 Å². The van der Waals surface area contributed by atoms with E-state index in [1.54, 1.807) is 0 Å². The van der Waals surface area contributed by atoms with Crippen molar-refractivity contribution in [3.05, 3.63) is 24.0 Å². The molecule has 1 aliphatic rings. The maximum atomic E-state index is 13.0. The van der Waals surface area contributed by atoms with Crippen molar-refractivity contribution in [3.8, 4) is 0 Å². The number of imide groups is 1. The van der Waals surface area contributed by atoms with E-state index in [1.807, 2.05) is 0 Å². The Labute approximate surface area is 107 Å². The van der Waals surface area contributed by atoms with Gasteiger partial charge < -0.3 is 9.73 Å². The van der Waals surface area contributed by atoms with Gasteiger partial charge in [-0.1, -0.05) is 0 Å². The highest BCUT2D eigenvalue weighted by atomic mass is 19.1. The zero-order valence-electron chi connectivity index (χ0n) is 10.0. The molecular weight excluding hydrogens is 253 g/mol. The van der Waals surface area contributed by atoms with Crippen LogP contribution in [0.4, 0.5) is 10.4 Å². The van der Waals surface area contributed by atoms with E-state index in [2.05, 4.69) is 10.3 Å². The molecule has 1 saturated heterocycles. The minimum atomic E-state index is -0.685. The number of amides is 2. The maximum absolute atomic E-state index is 13.0. The molecule has 2 aromatic rings. The molecule has 1 fully saturated rings. The number of likely N-dealkylation sites (tertiary alicyclic amines) is 1. The Morgan fingerprint density at radius 3 is 2.95 bits per heavy atom. The first kappa shape index (κ1) is 11.6. The summed E-state index contributed by atoms with van der Waals surface area (Å²) < 4.78 is 18.3. The van der Waals surface area contributed by atoms with Gasteiger partial charge in [-0.2, -0.15) is 4.98 Å². The third-order valence-corrected chi connectivity index (χ3v) is 3.03. The quantitative estimate of drug-likeness (QED) is 0.822. The SMILES string of the molecule is CN1C(=O)CC(Nc2nc3cc(F)ccc3o2)C1=O. The minimum absolute atomic E-state index is 0.0580. The average molecular weight is 263 g/mol. The number of halogens is 1. The van der Waals surface area contributed by atoms with E-state index in [-0.39, 0.29) is 24.2 Å². The summed E-state index contributed by atoms with van der Waals surface area (Å²) in [5.41, 5.74) is 0.765. The summed E-state index contributed by atoms with van der Waals surface area (Å²) in [5.74, 6) is -1.01. The van der Waals surface area contributed by atoms with Gasteiger partial charge in [0.25, 0.3) is 11.9 Å². The fourth-order valence-electron chi connectivity index (χ4n) is 1.98. The largest absolute Gasteiger partial charge is 0.424 e. The highest BCUT2D eigenvalue weighted by Crippen LogP contribution is 2.22. The van der Waals surface area contributed by atoms with Crippen LogP contribution in [0.15, 0.2) is 22.6 Å². The van der Waals surface area contributed by atoms with E-state index in [0.29, 0.717) is 11.1 Å². The number of fused-ring (bicyclic) bond motifs is 1. The number of anilines is 1. The summed E-state index contributed by atoms with van der Waals surface area (Å²) in [6, 6.07) is 3.36. The molecule has 0 spiro atoms. The fraction of sp³-hybridized carbons (Fsp3) is 0.250. The van der Waals surface area contributed by atoms with Gasteiger partial charge in [0.1, 0.15) is 17.4 Å². The lowest BCUT2D eigenvalue weighted by molar-refractivity contribution is -0.136. The zero-order valence-corrected chi connectivity index (χ0v) is 10.0. The lowest BCUT2D eigenvalue weighted by Crippen LogP contribution is -2.31. The smallest absolute Gasteiger partial charge is 0.296 e. The minimum Gasteiger partial charge on any atom is -0.424 e. The van der Waals surface area contributed by atoms with E-state index in [1.165, 1.54) is 25.2 Å². The van der Waals surface area contributed by atoms with Crippen molar-refractivity contribution >= 4 is 28.9 Å². The summed E-state index contributed by atoms with van der Waals surface area (Å²) in [7, 11) is 1.42. The van der Waals surface area contributed by atoms with E-state index < -0.39 is 11.9 Å². The highest BCUT2D eigenvalue weighted by molar-refractivity contribution is 6.06. The monoisotopic (exact) mass is 263 g/mol. The van der Waals surface area contributed by atoms with Gasteiger partial charge in [0.2, 0.25) is 5.91 Å². The molecule has 1 aromatic heterocycles. The summed E-state index contributed by atoms with van der Waals surface area (Å²) in [6.07, 6.45) is 0.0580. The molecule has 2 heterocycles. The molecule has 7 heteroatoms. The molecular formula is C12H10FN3O3. The number of carbonyl (C=O) groups excluding carboxylic acids is 2. The molecule has 0 radical (unpaired) electrons. The molecule has 0 saturated carbocycles. The third-order valence-electron chi connectivity index (χ3n) is 3.03. The molecule has 1 N–H and O–H groups in total. The molecule has 2 amide bonds. The van der Waals surface area contributed by atoms with Gasteiger partial charge in [0.15, 0.2) is 5.58 Å². The van der Waals surface area contributed by atoms with Gasteiger partial charge >= 0.3 is 0 Å². The van der Waals surface area contributed by atoms with Gasteiger partial charge in [-0.05, 0) is 12.1 Å². The molecule has 6 nitrogen and oxygen atoms in total. The standard InChI is InChI=1S/C12H10FN3O3/c1-16-10(17)5-8(11(16)18)15-12-14-7-4-6(13)2-3-9(7)19-12/h2-4,8H,5H2,1H3,(H,14,15). The molecule has 19 heavy (non-hydrogen) atoms. The van der Waals surface area contributed by atoms with Gasteiger partial charge in [-0.15, -0.1) is 0 Å². The molecule has 1 atom stereocenters. The Morgan fingerprint density at radius 2 is 2.26 bits per heavy atom. The van der Waals surface area contributed by atoms with Gasteiger partial charge in [-0.25, -0.2) is 4.39 Å². The molecule has 3 rings (SSSR count). The number of nitrogens with zero attached hydrogens (tertiary/aromatic N) is 2. The Morgan fingerprint density at radius 1 is 1.47 bits per heavy atom. The predicted molar refractivity (Wildman–Crippen MR) is 63.8 cm³/mol. The second kappa shape index (κ2) is 4.04. The molecule has 0 bridgehead atoms. The zero-order chi connectivity index (χ0) is 13.6. The van der Waals surface area contributed by atoms with Crippen molar-refractivity contribution in [2.24, 2.45) is 0 Å². The Bertz CT molecular complexity index is 682. The second-order valence-corrected chi connectivity index (χ2v) is 4.32. The van der Waals surface area contributed by atoms with Crippen LogP contribution in [0.2, 0.25) is 0 Å². The number of oxazole rings is 1. The molecule has 1 aromatic carbocycles. The van der Waals surface area contributed by atoms with Gasteiger partial charge in [0, 0.05) is 13.1 Å². The molecule has 98 valence electrons. The van der Waals surface area contributed by atoms with Crippen LogP contribution in [0.5, 0.6) is 0 Å². The van der Waals surface area contributed by atoms with E-state index >= 15 is 0 Å². The Balaban J connectivity index is 1.86. The first-order valence-corrected chi connectivity index (χ1v) is 5.67. The number of benzene rings is 1. The average Bonchev–Trinajstić information content (AvgIpc) is 2.86. The topological polar surface area (TPSA) is 75.4 Å².